The van der Waals surface area contributed by atoms with Crippen LogP contribution in [0.15, 0.2) is 24.3 Å². The van der Waals surface area contributed by atoms with E-state index in [9.17, 15) is 0 Å². The quantitative estimate of drug-likeness (QED) is 0.790. The Morgan fingerprint density at radius 3 is 3.00 bits per heavy atom. The van der Waals surface area contributed by atoms with Gasteiger partial charge in [0, 0.05) is 6.61 Å². The van der Waals surface area contributed by atoms with Gasteiger partial charge >= 0.3 is 0 Å². The molecule has 1 aliphatic rings. The van der Waals surface area contributed by atoms with E-state index in [2.05, 4.69) is 12.1 Å². The summed E-state index contributed by atoms with van der Waals surface area (Å²) in [6.07, 6.45) is 3.90. The molecule has 0 saturated carbocycles. The predicted octanol–water partition coefficient (Wildman–Crippen LogP) is 2.02. The van der Waals surface area contributed by atoms with Gasteiger partial charge < -0.3 is 9.84 Å². The van der Waals surface area contributed by atoms with Crippen LogP contribution in [0.5, 0.6) is 5.75 Å². The number of aliphatic hydroxyl groups is 1. The van der Waals surface area contributed by atoms with Gasteiger partial charge in [-0.05, 0) is 41.7 Å². The van der Waals surface area contributed by atoms with E-state index in [1.54, 1.807) is 7.11 Å². The lowest BCUT2D eigenvalue weighted by molar-refractivity contribution is 0.305. The molecule has 0 heterocycles. The van der Waals surface area contributed by atoms with Gasteiger partial charge in [0.1, 0.15) is 5.75 Å². The molecule has 0 radical (unpaired) electrons. The van der Waals surface area contributed by atoms with Crippen molar-refractivity contribution in [3.63, 3.8) is 0 Å². The molecule has 0 atom stereocenters. The van der Waals surface area contributed by atoms with Crippen molar-refractivity contribution in [1.29, 1.82) is 0 Å². The molecule has 0 spiro atoms. The third-order valence-electron chi connectivity index (χ3n) is 2.61. The molecule has 2 rings (SSSR count). The van der Waals surface area contributed by atoms with Crippen molar-refractivity contribution < 1.29 is 9.84 Å². The second-order valence-electron chi connectivity index (χ2n) is 3.43. The number of hydrogen-bond acceptors (Lipinski definition) is 2. The fraction of sp³-hybridized carbons (Fsp3) is 0.333. The SMILES string of the molecule is COc1ccc2c(c1)C(CCO)=CC2. The molecule has 1 aromatic carbocycles. The molecule has 0 aliphatic heterocycles. The zero-order valence-electron chi connectivity index (χ0n) is 8.29. The Morgan fingerprint density at radius 2 is 2.29 bits per heavy atom. The Bertz CT molecular complexity index is 367. The molecule has 14 heavy (non-hydrogen) atoms. The molecule has 2 heteroatoms. The zero-order chi connectivity index (χ0) is 9.97. The first-order chi connectivity index (χ1) is 6.85. The number of benzene rings is 1. The van der Waals surface area contributed by atoms with E-state index in [0.29, 0.717) is 0 Å². The summed E-state index contributed by atoms with van der Waals surface area (Å²) < 4.78 is 5.18. The molecule has 0 amide bonds. The average molecular weight is 190 g/mol. The number of aliphatic hydroxyl groups excluding tert-OH is 1. The molecule has 74 valence electrons. The van der Waals surface area contributed by atoms with E-state index < -0.39 is 0 Å². The molecule has 0 unspecified atom stereocenters. The number of fused-ring (bicyclic) bond motifs is 1. The van der Waals surface area contributed by atoms with Gasteiger partial charge in [-0.15, -0.1) is 0 Å². The first-order valence-electron chi connectivity index (χ1n) is 4.82. The third-order valence-corrected chi connectivity index (χ3v) is 2.61. The van der Waals surface area contributed by atoms with E-state index >= 15 is 0 Å². The summed E-state index contributed by atoms with van der Waals surface area (Å²) in [6.45, 7) is 0.211. The highest BCUT2D eigenvalue weighted by molar-refractivity contribution is 5.74. The lowest BCUT2D eigenvalue weighted by atomic mass is 10.0. The smallest absolute Gasteiger partial charge is 0.119 e. The number of allylic oxidation sites excluding steroid dienone is 1. The van der Waals surface area contributed by atoms with Crippen LogP contribution in [-0.4, -0.2) is 18.8 Å². The summed E-state index contributed by atoms with van der Waals surface area (Å²) in [7, 11) is 1.67. The van der Waals surface area contributed by atoms with Crippen molar-refractivity contribution in [2.75, 3.05) is 13.7 Å². The van der Waals surface area contributed by atoms with Gasteiger partial charge in [0.25, 0.3) is 0 Å². The van der Waals surface area contributed by atoms with Crippen LogP contribution < -0.4 is 4.74 Å². The van der Waals surface area contributed by atoms with Crippen LogP contribution in [0.3, 0.4) is 0 Å². The fourth-order valence-corrected chi connectivity index (χ4v) is 1.86. The third kappa shape index (κ3) is 1.53. The summed E-state index contributed by atoms with van der Waals surface area (Å²) >= 11 is 0. The van der Waals surface area contributed by atoms with Crippen LogP contribution >= 0.6 is 0 Å². The highest BCUT2D eigenvalue weighted by Crippen LogP contribution is 2.32. The maximum Gasteiger partial charge on any atom is 0.119 e. The Morgan fingerprint density at radius 1 is 1.43 bits per heavy atom. The van der Waals surface area contributed by atoms with Gasteiger partial charge in [-0.2, -0.15) is 0 Å². The standard InChI is InChI=1S/C12H14O2/c1-14-11-5-4-9-2-3-10(6-7-13)12(9)8-11/h3-5,8,13H,2,6-7H2,1H3. The van der Waals surface area contributed by atoms with Gasteiger partial charge in [0.15, 0.2) is 0 Å². The molecule has 1 N–H and O–H groups in total. The zero-order valence-corrected chi connectivity index (χ0v) is 8.29. The lowest BCUT2D eigenvalue weighted by Crippen LogP contribution is -1.90. The molecular weight excluding hydrogens is 176 g/mol. The van der Waals surface area contributed by atoms with Gasteiger partial charge in [-0.3, -0.25) is 0 Å². The van der Waals surface area contributed by atoms with Gasteiger partial charge in [0.05, 0.1) is 7.11 Å². The van der Waals surface area contributed by atoms with E-state index in [0.717, 1.165) is 18.6 Å². The first-order valence-corrected chi connectivity index (χ1v) is 4.82. The lowest BCUT2D eigenvalue weighted by Gasteiger charge is -2.06. The topological polar surface area (TPSA) is 29.5 Å². The maximum absolute atomic E-state index is 8.91. The Kier molecular flexibility index (Phi) is 2.55. The number of methoxy groups -OCH3 is 1. The Hall–Kier alpha value is -1.28. The molecule has 0 aromatic heterocycles. The van der Waals surface area contributed by atoms with Crippen molar-refractivity contribution in [3.05, 3.63) is 35.4 Å². The van der Waals surface area contributed by atoms with Crippen molar-refractivity contribution in [3.8, 4) is 5.75 Å². The molecule has 0 bridgehead atoms. The van der Waals surface area contributed by atoms with Gasteiger partial charge in [-0.25, -0.2) is 0 Å². The van der Waals surface area contributed by atoms with E-state index in [1.165, 1.54) is 16.7 Å². The van der Waals surface area contributed by atoms with E-state index in [-0.39, 0.29) is 6.61 Å². The molecule has 1 aromatic rings. The highest BCUT2D eigenvalue weighted by atomic mass is 16.5. The summed E-state index contributed by atoms with van der Waals surface area (Å²) in [5.74, 6) is 0.884. The second kappa shape index (κ2) is 3.84. The minimum Gasteiger partial charge on any atom is -0.497 e. The second-order valence-corrected chi connectivity index (χ2v) is 3.43. The summed E-state index contributed by atoms with van der Waals surface area (Å²) in [6, 6.07) is 6.12. The normalized spacial score (nSPS) is 13.7. The van der Waals surface area contributed by atoms with Gasteiger partial charge in [-0.1, -0.05) is 12.1 Å². The number of ether oxygens (including phenoxy) is 1. The Labute approximate surface area is 83.8 Å². The largest absolute Gasteiger partial charge is 0.497 e. The maximum atomic E-state index is 8.91. The minimum atomic E-state index is 0.211. The van der Waals surface area contributed by atoms with Crippen LogP contribution in [0.2, 0.25) is 0 Å². The average Bonchev–Trinajstić information content (AvgIpc) is 2.61. The Balaban J connectivity index is 2.33. The number of rotatable bonds is 3. The molecule has 1 aliphatic carbocycles. The minimum absolute atomic E-state index is 0.211. The van der Waals surface area contributed by atoms with Crippen LogP contribution in [0, 0.1) is 0 Å². The van der Waals surface area contributed by atoms with E-state index in [1.807, 2.05) is 12.1 Å². The number of hydrogen-bond donors (Lipinski definition) is 1. The van der Waals surface area contributed by atoms with Crippen molar-refractivity contribution >= 4 is 5.57 Å². The van der Waals surface area contributed by atoms with Gasteiger partial charge in [0.2, 0.25) is 0 Å². The van der Waals surface area contributed by atoms with Crippen molar-refractivity contribution in [1.82, 2.24) is 0 Å². The van der Waals surface area contributed by atoms with Crippen LogP contribution in [0.1, 0.15) is 17.5 Å². The first kappa shape index (κ1) is 9.28. The summed E-state index contributed by atoms with van der Waals surface area (Å²) in [4.78, 5) is 0. The molecular formula is C12H14O2. The summed E-state index contributed by atoms with van der Waals surface area (Å²) in [5.41, 5.74) is 3.80. The molecule has 0 saturated heterocycles. The van der Waals surface area contributed by atoms with Crippen LogP contribution in [0.4, 0.5) is 0 Å². The van der Waals surface area contributed by atoms with E-state index in [4.69, 9.17) is 9.84 Å². The fourth-order valence-electron chi connectivity index (χ4n) is 1.86. The van der Waals surface area contributed by atoms with Crippen molar-refractivity contribution in [2.24, 2.45) is 0 Å². The summed E-state index contributed by atoms with van der Waals surface area (Å²) in [5, 5.41) is 8.91. The molecule has 2 nitrogen and oxygen atoms in total. The van der Waals surface area contributed by atoms with Crippen LogP contribution in [-0.2, 0) is 6.42 Å². The van der Waals surface area contributed by atoms with Crippen LogP contribution in [0.25, 0.3) is 5.57 Å². The van der Waals surface area contributed by atoms with Crippen molar-refractivity contribution in [2.45, 2.75) is 12.8 Å². The predicted molar refractivity (Wildman–Crippen MR) is 56.4 cm³/mol. The highest BCUT2D eigenvalue weighted by Gasteiger charge is 2.13. The monoisotopic (exact) mass is 190 g/mol. The molecule has 0 fully saturated rings.